The Balaban J connectivity index is 0.000000261. The van der Waals surface area contributed by atoms with Gasteiger partial charge in [0.1, 0.15) is 0 Å². The molecule has 0 bridgehead atoms. The summed E-state index contributed by atoms with van der Waals surface area (Å²) in [7, 11) is -3.67. The first-order chi connectivity index (χ1) is 5.52. The van der Waals surface area contributed by atoms with Crippen LogP contribution in [0.2, 0.25) is 0 Å². The van der Waals surface area contributed by atoms with Crippen LogP contribution in [0.1, 0.15) is 11.4 Å². The molecule has 66 valence electrons. The molecule has 1 rings (SSSR count). The topological polar surface area (TPSA) is 12.9 Å². The van der Waals surface area contributed by atoms with Crippen LogP contribution in [0.4, 0.5) is 12.9 Å². The highest BCUT2D eigenvalue weighted by Gasteiger charge is 2.06. The second-order valence-corrected chi connectivity index (χ2v) is 2.17. The summed E-state index contributed by atoms with van der Waals surface area (Å²) in [5.74, 6) is 0. The van der Waals surface area contributed by atoms with Gasteiger partial charge in [0.2, 0.25) is 0 Å². The van der Waals surface area contributed by atoms with Crippen LogP contribution in [0, 0.1) is 13.8 Å². The van der Waals surface area contributed by atoms with E-state index in [-0.39, 0.29) is 0 Å². The van der Waals surface area contributed by atoms with E-state index < -0.39 is 7.54 Å². The molecule has 5 heteroatoms. The maximum absolute atomic E-state index is 9.67. The van der Waals surface area contributed by atoms with Crippen LogP contribution in [-0.4, -0.2) is 12.5 Å². The van der Waals surface area contributed by atoms with Gasteiger partial charge in [0.05, 0.1) is 0 Å². The molecule has 1 heterocycles. The van der Waals surface area contributed by atoms with Gasteiger partial charge < -0.3 is 0 Å². The van der Waals surface area contributed by atoms with E-state index in [1.807, 2.05) is 32.0 Å². The lowest BCUT2D eigenvalue weighted by molar-refractivity contribution is 0.535. The first kappa shape index (κ1) is 11.0. The molecule has 0 radical (unpaired) electrons. The molecule has 0 unspecified atom stereocenters. The Labute approximate surface area is 69.9 Å². The number of hydrogen-bond donors (Lipinski definition) is 0. The SMILES string of the molecule is Cc1cccc(C)n1.FB(F)F. The van der Waals surface area contributed by atoms with E-state index in [2.05, 4.69) is 4.98 Å². The molecule has 0 atom stereocenters. The molecule has 1 aromatic heterocycles. The minimum atomic E-state index is -3.67. The van der Waals surface area contributed by atoms with Crippen molar-refractivity contribution in [3.8, 4) is 0 Å². The van der Waals surface area contributed by atoms with E-state index in [1.165, 1.54) is 0 Å². The number of nitrogens with zero attached hydrogens (tertiary/aromatic N) is 1. The van der Waals surface area contributed by atoms with Crippen molar-refractivity contribution < 1.29 is 12.9 Å². The number of hydrogen-bond acceptors (Lipinski definition) is 1. The van der Waals surface area contributed by atoms with Crippen LogP contribution >= 0.6 is 0 Å². The normalized spacial score (nSPS) is 8.42. The minimum absolute atomic E-state index is 1.09. The van der Waals surface area contributed by atoms with Crippen LogP contribution in [0.5, 0.6) is 0 Å². The fraction of sp³-hybridized carbons (Fsp3) is 0.286. The summed E-state index contributed by atoms with van der Waals surface area (Å²) < 4.78 is 29.0. The maximum atomic E-state index is 9.67. The van der Waals surface area contributed by atoms with E-state index in [0.717, 1.165) is 11.4 Å². The van der Waals surface area contributed by atoms with Gasteiger partial charge in [-0.25, -0.2) is 0 Å². The van der Waals surface area contributed by atoms with Gasteiger partial charge in [0, 0.05) is 11.4 Å². The quantitative estimate of drug-likeness (QED) is 0.552. The Morgan fingerprint density at radius 1 is 1.08 bits per heavy atom. The second-order valence-electron chi connectivity index (χ2n) is 2.17. The highest BCUT2D eigenvalue weighted by molar-refractivity contribution is 6.33. The van der Waals surface area contributed by atoms with E-state index >= 15 is 0 Å². The van der Waals surface area contributed by atoms with Crippen LogP contribution in [0.25, 0.3) is 0 Å². The number of pyridine rings is 1. The fourth-order valence-corrected chi connectivity index (χ4v) is 0.679. The van der Waals surface area contributed by atoms with Crippen molar-refractivity contribution in [2.24, 2.45) is 0 Å². The first-order valence-corrected chi connectivity index (χ1v) is 3.35. The molecule has 0 aliphatic carbocycles. The molecule has 0 saturated heterocycles. The van der Waals surface area contributed by atoms with Crippen LogP contribution in [0.15, 0.2) is 18.2 Å². The smallest absolute Gasteiger partial charge is 0.258 e. The van der Waals surface area contributed by atoms with Gasteiger partial charge in [0.25, 0.3) is 0 Å². The van der Waals surface area contributed by atoms with Gasteiger partial charge >= 0.3 is 7.54 Å². The average Bonchev–Trinajstić information content (AvgIpc) is 1.84. The highest BCUT2D eigenvalue weighted by Crippen LogP contribution is 1.93. The Hall–Kier alpha value is -0.995. The van der Waals surface area contributed by atoms with Crippen LogP contribution in [-0.2, 0) is 0 Å². The number of aryl methyl sites for hydroxylation is 2. The van der Waals surface area contributed by atoms with Crippen molar-refractivity contribution >= 4 is 7.54 Å². The lowest BCUT2D eigenvalue weighted by atomic mass is 10.3. The lowest BCUT2D eigenvalue weighted by Gasteiger charge is -1.90. The van der Waals surface area contributed by atoms with E-state index in [9.17, 15) is 12.9 Å². The molecule has 0 fully saturated rings. The third-order valence-corrected chi connectivity index (χ3v) is 1.03. The zero-order valence-electron chi connectivity index (χ0n) is 6.89. The molecule has 0 saturated carbocycles. The Morgan fingerprint density at radius 2 is 1.42 bits per heavy atom. The molecule has 1 aromatic rings. The Morgan fingerprint density at radius 3 is 1.58 bits per heavy atom. The lowest BCUT2D eigenvalue weighted by Crippen LogP contribution is -1.81. The van der Waals surface area contributed by atoms with Crippen molar-refractivity contribution in [3.05, 3.63) is 29.6 Å². The van der Waals surface area contributed by atoms with E-state index in [0.29, 0.717) is 0 Å². The molecule has 0 aliphatic rings. The number of halogens is 3. The Kier molecular flexibility index (Phi) is 5.16. The van der Waals surface area contributed by atoms with Crippen molar-refractivity contribution in [3.63, 3.8) is 0 Å². The van der Waals surface area contributed by atoms with Gasteiger partial charge in [-0.2, -0.15) is 0 Å². The van der Waals surface area contributed by atoms with Crippen molar-refractivity contribution in [2.75, 3.05) is 0 Å². The summed E-state index contributed by atoms with van der Waals surface area (Å²) in [6.45, 7) is 3.99. The molecular weight excluding hydrogens is 166 g/mol. The predicted octanol–water partition coefficient (Wildman–Crippen LogP) is 2.58. The average molecular weight is 175 g/mol. The summed E-state index contributed by atoms with van der Waals surface area (Å²) in [5.41, 5.74) is 2.18. The first-order valence-electron chi connectivity index (χ1n) is 3.35. The third-order valence-electron chi connectivity index (χ3n) is 1.03. The standard InChI is InChI=1S/C7H9N.BF3/c1-6-4-3-5-7(2)8-6;2-1(3)4/h3-5H,1-2H3;. The summed E-state index contributed by atoms with van der Waals surface area (Å²) >= 11 is 0. The molecule has 0 N–H and O–H groups in total. The molecule has 0 aliphatic heterocycles. The third kappa shape index (κ3) is 7.12. The van der Waals surface area contributed by atoms with Crippen molar-refractivity contribution in [2.45, 2.75) is 13.8 Å². The van der Waals surface area contributed by atoms with Gasteiger partial charge in [-0.3, -0.25) is 17.9 Å². The van der Waals surface area contributed by atoms with Gasteiger partial charge in [-0.15, -0.1) is 0 Å². The molecule has 0 spiro atoms. The highest BCUT2D eigenvalue weighted by atomic mass is 19.4. The largest absolute Gasteiger partial charge is 0.762 e. The zero-order valence-corrected chi connectivity index (χ0v) is 6.89. The van der Waals surface area contributed by atoms with Crippen molar-refractivity contribution in [1.82, 2.24) is 4.98 Å². The minimum Gasteiger partial charge on any atom is -0.258 e. The van der Waals surface area contributed by atoms with E-state index in [1.54, 1.807) is 0 Å². The van der Waals surface area contributed by atoms with Gasteiger partial charge in [-0.1, -0.05) is 6.07 Å². The monoisotopic (exact) mass is 175 g/mol. The van der Waals surface area contributed by atoms with Crippen LogP contribution < -0.4 is 0 Å². The maximum Gasteiger partial charge on any atom is 0.762 e. The second kappa shape index (κ2) is 5.63. The zero-order chi connectivity index (χ0) is 9.56. The molecular formula is C7H9BF3N. The molecule has 0 aromatic carbocycles. The van der Waals surface area contributed by atoms with Gasteiger partial charge in [-0.05, 0) is 26.0 Å². The molecule has 12 heavy (non-hydrogen) atoms. The summed E-state index contributed by atoms with van der Waals surface area (Å²) in [4.78, 5) is 4.17. The van der Waals surface area contributed by atoms with Crippen LogP contribution in [0.3, 0.4) is 0 Å². The number of rotatable bonds is 0. The predicted molar refractivity (Wildman–Crippen MR) is 42.8 cm³/mol. The summed E-state index contributed by atoms with van der Waals surface area (Å²) in [5, 5.41) is 0. The molecule has 1 nitrogen and oxygen atoms in total. The van der Waals surface area contributed by atoms with E-state index in [4.69, 9.17) is 0 Å². The van der Waals surface area contributed by atoms with Gasteiger partial charge in [0.15, 0.2) is 0 Å². The fourth-order valence-electron chi connectivity index (χ4n) is 0.679. The molecule has 0 amide bonds. The Bertz CT molecular complexity index is 210. The van der Waals surface area contributed by atoms with Crippen molar-refractivity contribution in [1.29, 1.82) is 0 Å². The summed E-state index contributed by atoms with van der Waals surface area (Å²) in [6, 6.07) is 6.00. The number of aromatic nitrogens is 1. The summed E-state index contributed by atoms with van der Waals surface area (Å²) in [6.07, 6.45) is 0.